The smallest absolute Gasteiger partial charge is 0.159 e. The lowest BCUT2D eigenvalue weighted by molar-refractivity contribution is 0.101. The van der Waals surface area contributed by atoms with Crippen molar-refractivity contribution in [3.63, 3.8) is 0 Å². The molecule has 0 saturated carbocycles. The van der Waals surface area contributed by atoms with Crippen LogP contribution in [-0.2, 0) is 16.3 Å². The van der Waals surface area contributed by atoms with Crippen LogP contribution < -0.4 is 0 Å². The predicted molar refractivity (Wildman–Crippen MR) is 66.9 cm³/mol. The Bertz CT molecular complexity index is 531. The van der Waals surface area contributed by atoms with Gasteiger partial charge in [-0.3, -0.25) is 4.79 Å². The van der Waals surface area contributed by atoms with E-state index in [4.69, 9.17) is 0 Å². The maximum Gasteiger partial charge on any atom is 0.159 e. The van der Waals surface area contributed by atoms with E-state index in [0.717, 1.165) is 18.4 Å². The van der Waals surface area contributed by atoms with Crippen LogP contribution in [0.4, 0.5) is 0 Å². The number of ketones is 1. The zero-order valence-corrected chi connectivity index (χ0v) is 10.7. The Morgan fingerprint density at radius 3 is 2.76 bits per heavy atom. The Morgan fingerprint density at radius 2 is 2.18 bits per heavy atom. The highest BCUT2D eigenvalue weighted by Crippen LogP contribution is 2.23. The van der Waals surface area contributed by atoms with Gasteiger partial charge in [0.1, 0.15) is 0 Å². The summed E-state index contributed by atoms with van der Waals surface area (Å²) in [5.41, 5.74) is 1.75. The molecule has 92 valence electrons. The van der Waals surface area contributed by atoms with Gasteiger partial charge >= 0.3 is 0 Å². The fourth-order valence-electron chi connectivity index (χ4n) is 2.28. The number of sulfone groups is 1. The van der Waals surface area contributed by atoms with Gasteiger partial charge in [0.25, 0.3) is 0 Å². The Kier molecular flexibility index (Phi) is 3.33. The summed E-state index contributed by atoms with van der Waals surface area (Å²) in [7, 11) is -2.81. The predicted octanol–water partition coefficient (Wildman–Crippen LogP) is 1.87. The van der Waals surface area contributed by atoms with Crippen molar-refractivity contribution >= 4 is 15.6 Å². The van der Waals surface area contributed by atoms with E-state index in [1.165, 1.54) is 0 Å². The molecule has 1 aliphatic heterocycles. The summed E-state index contributed by atoms with van der Waals surface area (Å²) in [4.78, 5) is 11.2. The van der Waals surface area contributed by atoms with Gasteiger partial charge in [0.05, 0.1) is 11.5 Å². The van der Waals surface area contributed by atoms with Gasteiger partial charge in [0.15, 0.2) is 15.6 Å². The van der Waals surface area contributed by atoms with Crippen molar-refractivity contribution in [1.82, 2.24) is 0 Å². The van der Waals surface area contributed by atoms with E-state index in [9.17, 15) is 13.2 Å². The molecule has 1 aromatic rings. The Labute approximate surface area is 102 Å². The second kappa shape index (κ2) is 4.61. The summed E-state index contributed by atoms with van der Waals surface area (Å²) in [6.45, 7) is 1.54. The zero-order chi connectivity index (χ0) is 12.5. The normalized spacial score (nSPS) is 22.5. The van der Waals surface area contributed by atoms with E-state index in [2.05, 4.69) is 0 Å². The molecule has 1 aliphatic rings. The van der Waals surface area contributed by atoms with Crippen LogP contribution >= 0.6 is 0 Å². The van der Waals surface area contributed by atoms with Gasteiger partial charge in [-0.05, 0) is 37.3 Å². The minimum Gasteiger partial charge on any atom is -0.295 e. The third kappa shape index (κ3) is 3.16. The quantitative estimate of drug-likeness (QED) is 0.772. The van der Waals surface area contributed by atoms with E-state index >= 15 is 0 Å². The average molecular weight is 252 g/mol. The Balaban J connectivity index is 2.09. The number of rotatable bonds is 3. The van der Waals surface area contributed by atoms with Crippen molar-refractivity contribution in [2.75, 3.05) is 11.5 Å². The van der Waals surface area contributed by atoms with Crippen LogP contribution in [0.1, 0.15) is 29.3 Å². The Morgan fingerprint density at radius 1 is 1.41 bits per heavy atom. The molecule has 1 unspecified atom stereocenters. The molecule has 1 saturated heterocycles. The highest BCUT2D eigenvalue weighted by molar-refractivity contribution is 7.91. The summed E-state index contributed by atoms with van der Waals surface area (Å²) in [5.74, 6) is 0.856. The minimum atomic E-state index is -2.81. The van der Waals surface area contributed by atoms with Gasteiger partial charge in [-0.1, -0.05) is 18.2 Å². The third-order valence-corrected chi connectivity index (χ3v) is 5.02. The maximum atomic E-state index is 11.4. The minimum absolute atomic E-state index is 0.0471. The summed E-state index contributed by atoms with van der Waals surface area (Å²) < 4.78 is 22.7. The number of hydrogen-bond donors (Lipinski definition) is 0. The van der Waals surface area contributed by atoms with Crippen molar-refractivity contribution in [3.8, 4) is 0 Å². The summed E-state index contributed by atoms with van der Waals surface area (Å²) >= 11 is 0. The van der Waals surface area contributed by atoms with Crippen LogP contribution in [0.15, 0.2) is 24.3 Å². The fraction of sp³-hybridized carbons (Fsp3) is 0.462. The summed E-state index contributed by atoms with van der Waals surface area (Å²) in [6.07, 6.45) is 1.49. The Hall–Kier alpha value is -1.16. The lowest BCUT2D eigenvalue weighted by Crippen LogP contribution is -2.08. The van der Waals surface area contributed by atoms with E-state index in [0.29, 0.717) is 11.3 Å². The lowest BCUT2D eigenvalue weighted by Gasteiger charge is -2.08. The van der Waals surface area contributed by atoms with Crippen molar-refractivity contribution in [2.45, 2.75) is 19.8 Å². The van der Waals surface area contributed by atoms with Crippen molar-refractivity contribution < 1.29 is 13.2 Å². The van der Waals surface area contributed by atoms with Crippen LogP contribution in [-0.4, -0.2) is 25.7 Å². The van der Waals surface area contributed by atoms with Gasteiger partial charge in [0.2, 0.25) is 0 Å². The molecule has 2 rings (SSSR count). The highest BCUT2D eigenvalue weighted by Gasteiger charge is 2.27. The van der Waals surface area contributed by atoms with Gasteiger partial charge in [0, 0.05) is 5.56 Å². The second-order valence-electron chi connectivity index (χ2n) is 4.73. The topological polar surface area (TPSA) is 51.2 Å². The van der Waals surface area contributed by atoms with Crippen molar-refractivity contribution in [1.29, 1.82) is 0 Å². The second-order valence-corrected chi connectivity index (χ2v) is 6.96. The van der Waals surface area contributed by atoms with E-state index in [1.54, 1.807) is 13.0 Å². The van der Waals surface area contributed by atoms with Gasteiger partial charge in [-0.15, -0.1) is 0 Å². The largest absolute Gasteiger partial charge is 0.295 e. The molecule has 0 radical (unpaired) electrons. The number of benzene rings is 1. The standard InChI is InChI=1S/C13H16O3S/c1-10(14)13-4-2-3-11(8-13)7-12-5-6-17(15,16)9-12/h2-4,8,12H,5-7,9H2,1H3. The van der Waals surface area contributed by atoms with Crippen LogP contribution in [0.25, 0.3) is 0 Å². The van der Waals surface area contributed by atoms with Crippen LogP contribution in [0.3, 0.4) is 0 Å². The van der Waals surface area contributed by atoms with E-state index in [-0.39, 0.29) is 17.5 Å². The highest BCUT2D eigenvalue weighted by atomic mass is 32.2. The number of hydrogen-bond acceptors (Lipinski definition) is 3. The first-order valence-electron chi connectivity index (χ1n) is 5.76. The monoisotopic (exact) mass is 252 g/mol. The van der Waals surface area contributed by atoms with Crippen LogP contribution in [0.2, 0.25) is 0 Å². The number of Topliss-reactive ketones (excluding diaryl/α,β-unsaturated/α-hetero) is 1. The molecule has 1 aromatic carbocycles. The molecule has 0 aromatic heterocycles. The van der Waals surface area contributed by atoms with Crippen molar-refractivity contribution in [3.05, 3.63) is 35.4 Å². The summed E-state index contributed by atoms with van der Waals surface area (Å²) in [6, 6.07) is 7.47. The first kappa shape index (κ1) is 12.3. The van der Waals surface area contributed by atoms with Crippen molar-refractivity contribution in [2.24, 2.45) is 5.92 Å². The fourth-order valence-corrected chi connectivity index (χ4v) is 4.15. The molecule has 3 nitrogen and oxygen atoms in total. The number of carbonyl (C=O) groups excluding carboxylic acids is 1. The zero-order valence-electron chi connectivity index (χ0n) is 9.85. The summed E-state index contributed by atoms with van der Waals surface area (Å²) in [5, 5.41) is 0. The molecule has 17 heavy (non-hydrogen) atoms. The maximum absolute atomic E-state index is 11.4. The number of carbonyl (C=O) groups is 1. The molecule has 0 aliphatic carbocycles. The van der Waals surface area contributed by atoms with Crippen LogP contribution in [0, 0.1) is 5.92 Å². The molecule has 1 fully saturated rings. The van der Waals surface area contributed by atoms with Crippen LogP contribution in [0.5, 0.6) is 0 Å². The SMILES string of the molecule is CC(=O)c1cccc(CC2CCS(=O)(=O)C2)c1. The van der Waals surface area contributed by atoms with Gasteiger partial charge in [-0.2, -0.15) is 0 Å². The molecule has 4 heteroatoms. The van der Waals surface area contributed by atoms with Gasteiger partial charge in [-0.25, -0.2) is 8.42 Å². The molecule has 0 bridgehead atoms. The lowest BCUT2D eigenvalue weighted by atomic mass is 9.97. The third-order valence-electron chi connectivity index (χ3n) is 3.18. The first-order valence-corrected chi connectivity index (χ1v) is 7.59. The molecule has 0 amide bonds. The average Bonchev–Trinajstić information content (AvgIpc) is 2.58. The first-order chi connectivity index (χ1) is 7.96. The molecule has 1 atom stereocenters. The molecular formula is C13H16O3S. The molecule has 0 spiro atoms. The van der Waals surface area contributed by atoms with E-state index < -0.39 is 9.84 Å². The molecular weight excluding hydrogens is 236 g/mol. The molecule has 1 heterocycles. The van der Waals surface area contributed by atoms with Gasteiger partial charge < -0.3 is 0 Å². The molecule has 0 N–H and O–H groups in total. The van der Waals surface area contributed by atoms with E-state index in [1.807, 2.05) is 18.2 Å².